The van der Waals surface area contributed by atoms with Gasteiger partial charge >= 0.3 is 5.97 Å². The summed E-state index contributed by atoms with van der Waals surface area (Å²) in [5.74, 6) is -1.26. The number of amides is 1. The van der Waals surface area contributed by atoms with Gasteiger partial charge in [0.05, 0.1) is 16.3 Å². The molecule has 2 heterocycles. The minimum Gasteiger partial charge on any atom is -0.448 e. The number of esters is 1. The highest BCUT2D eigenvalue weighted by atomic mass is 35.5. The Morgan fingerprint density at radius 1 is 1.21 bits per heavy atom. The van der Waals surface area contributed by atoms with Gasteiger partial charge < -0.3 is 10.1 Å². The van der Waals surface area contributed by atoms with Crippen molar-refractivity contribution in [2.45, 2.75) is 20.0 Å². The summed E-state index contributed by atoms with van der Waals surface area (Å²) in [6, 6.07) is 14.3. The van der Waals surface area contributed by atoms with Crippen molar-refractivity contribution in [3.8, 4) is 5.69 Å². The van der Waals surface area contributed by atoms with E-state index >= 15 is 0 Å². The van der Waals surface area contributed by atoms with Gasteiger partial charge in [0, 0.05) is 28.2 Å². The highest BCUT2D eigenvalue weighted by Crippen LogP contribution is 2.31. The number of ether oxygens (including phenoxy) is 1. The first-order valence-electron chi connectivity index (χ1n) is 9.74. The van der Waals surface area contributed by atoms with E-state index in [-0.39, 0.29) is 11.4 Å². The molecule has 0 saturated heterocycles. The number of halogens is 1. The molecule has 0 bridgehead atoms. The van der Waals surface area contributed by atoms with Crippen LogP contribution in [0.25, 0.3) is 15.9 Å². The number of hydrogen-bond acceptors (Lipinski definition) is 7. The summed E-state index contributed by atoms with van der Waals surface area (Å²) in [6.45, 7) is 3.27. The van der Waals surface area contributed by atoms with E-state index < -0.39 is 22.9 Å². The molecule has 1 unspecified atom stereocenters. The van der Waals surface area contributed by atoms with E-state index in [4.69, 9.17) is 16.3 Å². The lowest BCUT2D eigenvalue weighted by Crippen LogP contribution is -2.29. The first-order valence-corrected chi connectivity index (χ1v) is 10.9. The Morgan fingerprint density at radius 2 is 1.94 bits per heavy atom. The molecule has 4 aromatic rings. The zero-order valence-corrected chi connectivity index (χ0v) is 19.0. The summed E-state index contributed by atoms with van der Waals surface area (Å²) in [5.41, 5.74) is 1.61. The summed E-state index contributed by atoms with van der Waals surface area (Å²) in [5, 5.41) is 19.3. The van der Waals surface area contributed by atoms with E-state index in [0.29, 0.717) is 9.90 Å². The standard InChI is InChI=1S/C22H17ClN4O5S/c1-12-18-11-19(33-21(18)26(25-12)16-8-6-14(23)7-9-16)22(29)32-13(2)20(28)24-15-4-3-5-17(10-15)27(30)31/h3-11,13H,1-2H3,(H,24,28). The van der Waals surface area contributed by atoms with E-state index in [0.717, 1.165) is 21.6 Å². The number of aryl methyl sites for hydroxylation is 1. The van der Waals surface area contributed by atoms with Gasteiger partial charge in [0.15, 0.2) is 6.10 Å². The fourth-order valence-corrected chi connectivity index (χ4v) is 4.31. The zero-order chi connectivity index (χ0) is 23.7. The number of aromatic nitrogens is 2. The number of nitro benzene ring substituents is 1. The number of fused-ring (bicyclic) bond motifs is 1. The van der Waals surface area contributed by atoms with Crippen LogP contribution >= 0.6 is 22.9 Å². The van der Waals surface area contributed by atoms with Gasteiger partial charge in [-0.05, 0) is 50.2 Å². The number of carbonyl (C=O) groups excluding carboxylic acids is 2. The molecule has 1 amide bonds. The van der Waals surface area contributed by atoms with E-state index in [2.05, 4.69) is 10.4 Å². The molecule has 168 valence electrons. The highest BCUT2D eigenvalue weighted by molar-refractivity contribution is 7.20. The van der Waals surface area contributed by atoms with Crippen LogP contribution in [0.5, 0.6) is 0 Å². The number of benzene rings is 2. The molecule has 33 heavy (non-hydrogen) atoms. The van der Waals surface area contributed by atoms with Gasteiger partial charge in [-0.3, -0.25) is 14.9 Å². The Kier molecular flexibility index (Phi) is 6.12. The van der Waals surface area contributed by atoms with Crippen molar-refractivity contribution in [3.05, 3.63) is 80.3 Å². The van der Waals surface area contributed by atoms with E-state index in [1.54, 1.807) is 22.9 Å². The number of nitro groups is 1. The average Bonchev–Trinajstić information content (AvgIpc) is 3.35. The van der Waals surface area contributed by atoms with Gasteiger partial charge in [0.2, 0.25) is 0 Å². The average molecular weight is 485 g/mol. The smallest absolute Gasteiger partial charge is 0.349 e. The van der Waals surface area contributed by atoms with Gasteiger partial charge in [-0.2, -0.15) is 5.10 Å². The quantitative estimate of drug-likeness (QED) is 0.230. The summed E-state index contributed by atoms with van der Waals surface area (Å²) < 4.78 is 7.05. The number of nitrogens with zero attached hydrogens (tertiary/aromatic N) is 3. The molecule has 0 aliphatic heterocycles. The van der Waals surface area contributed by atoms with E-state index in [1.165, 1.54) is 42.5 Å². The van der Waals surface area contributed by atoms with Crippen molar-refractivity contribution in [1.29, 1.82) is 0 Å². The summed E-state index contributed by atoms with van der Waals surface area (Å²) in [4.78, 5) is 36.5. The summed E-state index contributed by atoms with van der Waals surface area (Å²) in [6.07, 6.45) is -1.11. The van der Waals surface area contributed by atoms with Crippen LogP contribution in [0.1, 0.15) is 22.3 Å². The Balaban J connectivity index is 1.50. The van der Waals surface area contributed by atoms with Crippen molar-refractivity contribution < 1.29 is 19.2 Å². The number of anilines is 1. The van der Waals surface area contributed by atoms with Crippen LogP contribution in [0, 0.1) is 17.0 Å². The second-order valence-corrected chi connectivity index (χ2v) is 8.61. The molecule has 0 fully saturated rings. The summed E-state index contributed by atoms with van der Waals surface area (Å²) >= 11 is 7.16. The third-order valence-electron chi connectivity index (χ3n) is 4.79. The SMILES string of the molecule is Cc1nn(-c2ccc(Cl)cc2)c2sc(C(=O)OC(C)C(=O)Nc3cccc([N+](=O)[O-])c3)cc12. The normalized spacial score (nSPS) is 11.8. The Bertz CT molecular complexity index is 1380. The second-order valence-electron chi connectivity index (χ2n) is 7.15. The zero-order valence-electron chi connectivity index (χ0n) is 17.4. The number of non-ortho nitro benzene ring substituents is 1. The molecule has 1 atom stereocenters. The number of thiophene rings is 1. The van der Waals surface area contributed by atoms with Gasteiger partial charge in [-0.1, -0.05) is 17.7 Å². The Morgan fingerprint density at radius 3 is 2.64 bits per heavy atom. The molecule has 0 saturated carbocycles. The molecule has 0 spiro atoms. The molecule has 2 aromatic heterocycles. The predicted octanol–water partition coefficient (Wildman–Crippen LogP) is 5.14. The number of rotatable bonds is 6. The Hall–Kier alpha value is -3.76. The molecular weight excluding hydrogens is 468 g/mol. The maximum absolute atomic E-state index is 12.7. The minimum absolute atomic E-state index is 0.159. The van der Waals surface area contributed by atoms with Crippen LogP contribution < -0.4 is 5.32 Å². The van der Waals surface area contributed by atoms with Crippen molar-refractivity contribution in [2.75, 3.05) is 5.32 Å². The number of carbonyl (C=O) groups is 2. The van der Waals surface area contributed by atoms with Crippen LogP contribution in [0.3, 0.4) is 0 Å². The van der Waals surface area contributed by atoms with Gasteiger partial charge in [-0.25, -0.2) is 9.48 Å². The first-order chi connectivity index (χ1) is 15.7. The highest BCUT2D eigenvalue weighted by Gasteiger charge is 2.23. The molecule has 0 aliphatic carbocycles. The largest absolute Gasteiger partial charge is 0.448 e. The van der Waals surface area contributed by atoms with Crippen LogP contribution in [-0.4, -0.2) is 32.7 Å². The minimum atomic E-state index is -1.11. The molecule has 4 rings (SSSR count). The summed E-state index contributed by atoms with van der Waals surface area (Å²) in [7, 11) is 0. The predicted molar refractivity (Wildman–Crippen MR) is 125 cm³/mol. The molecule has 11 heteroatoms. The van der Waals surface area contributed by atoms with E-state index in [1.807, 2.05) is 19.1 Å². The van der Waals surface area contributed by atoms with Crippen molar-refractivity contribution in [1.82, 2.24) is 9.78 Å². The molecular formula is C22H17ClN4O5S. The molecule has 1 N–H and O–H groups in total. The number of nitrogens with one attached hydrogen (secondary N) is 1. The maximum Gasteiger partial charge on any atom is 0.349 e. The van der Waals surface area contributed by atoms with Gasteiger partial charge in [-0.15, -0.1) is 11.3 Å². The topological polar surface area (TPSA) is 116 Å². The van der Waals surface area contributed by atoms with Gasteiger partial charge in [0.1, 0.15) is 9.71 Å². The van der Waals surface area contributed by atoms with Crippen molar-refractivity contribution >= 4 is 56.4 Å². The molecule has 9 nitrogen and oxygen atoms in total. The van der Waals surface area contributed by atoms with Crippen LogP contribution in [0.4, 0.5) is 11.4 Å². The van der Waals surface area contributed by atoms with Crippen LogP contribution in [-0.2, 0) is 9.53 Å². The van der Waals surface area contributed by atoms with Crippen molar-refractivity contribution in [3.63, 3.8) is 0 Å². The lowest BCUT2D eigenvalue weighted by atomic mass is 10.2. The molecule has 0 radical (unpaired) electrons. The van der Waals surface area contributed by atoms with Crippen molar-refractivity contribution in [2.24, 2.45) is 0 Å². The lowest BCUT2D eigenvalue weighted by Gasteiger charge is -2.13. The lowest BCUT2D eigenvalue weighted by molar-refractivity contribution is -0.384. The monoisotopic (exact) mass is 484 g/mol. The second kappa shape index (κ2) is 9.00. The Labute approximate surface area is 196 Å². The fraction of sp³-hybridized carbons (Fsp3) is 0.136. The molecule has 0 aliphatic rings. The maximum atomic E-state index is 12.7. The third-order valence-corrected chi connectivity index (χ3v) is 6.14. The first kappa shape index (κ1) is 22.4. The molecule has 2 aromatic carbocycles. The fourth-order valence-electron chi connectivity index (χ4n) is 3.12. The third kappa shape index (κ3) is 4.71. The van der Waals surface area contributed by atoms with Crippen LogP contribution in [0.2, 0.25) is 5.02 Å². The van der Waals surface area contributed by atoms with Crippen LogP contribution in [0.15, 0.2) is 54.6 Å². The van der Waals surface area contributed by atoms with Gasteiger partial charge in [0.25, 0.3) is 11.6 Å². The van der Waals surface area contributed by atoms with E-state index in [9.17, 15) is 19.7 Å². The number of hydrogen-bond donors (Lipinski definition) is 1.